The number of hydrogen-bond donors (Lipinski definition) is 3. The van der Waals surface area contributed by atoms with E-state index in [-0.39, 0.29) is 11.5 Å². The molecule has 0 fully saturated rings. The van der Waals surface area contributed by atoms with Gasteiger partial charge in [-0.15, -0.1) is 0 Å². The van der Waals surface area contributed by atoms with Gasteiger partial charge in [0, 0.05) is 24.0 Å². The summed E-state index contributed by atoms with van der Waals surface area (Å²) in [5.41, 5.74) is 2.52. The highest BCUT2D eigenvalue weighted by atomic mass is 16.4. The van der Waals surface area contributed by atoms with Crippen molar-refractivity contribution in [1.29, 1.82) is 0 Å². The largest absolute Gasteiger partial charge is 0.478 e. The summed E-state index contributed by atoms with van der Waals surface area (Å²) in [7, 11) is 0. The van der Waals surface area contributed by atoms with Gasteiger partial charge in [-0.2, -0.15) is 0 Å². The molecule has 0 radical (unpaired) electrons. The first-order chi connectivity index (χ1) is 9.54. The Hall–Kier alpha value is -2.82. The van der Waals surface area contributed by atoms with Crippen LogP contribution in [0.5, 0.6) is 0 Å². The molecule has 0 aliphatic carbocycles. The Morgan fingerprint density at radius 1 is 0.950 bits per heavy atom. The summed E-state index contributed by atoms with van der Waals surface area (Å²) >= 11 is 0. The third-order valence-corrected chi connectivity index (χ3v) is 2.60. The van der Waals surface area contributed by atoms with E-state index in [1.165, 1.54) is 19.1 Å². The van der Waals surface area contributed by atoms with Crippen LogP contribution >= 0.6 is 0 Å². The smallest absolute Gasteiger partial charge is 0.335 e. The molecule has 3 N–H and O–H groups in total. The van der Waals surface area contributed by atoms with Crippen LogP contribution in [-0.2, 0) is 4.79 Å². The zero-order valence-corrected chi connectivity index (χ0v) is 10.9. The number of rotatable bonds is 4. The Kier molecular flexibility index (Phi) is 4.00. The maximum absolute atomic E-state index is 11.0. The van der Waals surface area contributed by atoms with Crippen molar-refractivity contribution in [2.75, 3.05) is 10.6 Å². The van der Waals surface area contributed by atoms with Crippen LogP contribution in [-0.4, -0.2) is 17.0 Å². The van der Waals surface area contributed by atoms with Gasteiger partial charge in [0.2, 0.25) is 5.91 Å². The van der Waals surface area contributed by atoms with Crippen LogP contribution in [0, 0.1) is 0 Å². The summed E-state index contributed by atoms with van der Waals surface area (Å²) in [6.07, 6.45) is 0. The predicted octanol–water partition coefficient (Wildman–Crippen LogP) is 3.09. The van der Waals surface area contributed by atoms with Gasteiger partial charge in [0.25, 0.3) is 0 Å². The molecule has 0 atom stereocenters. The van der Waals surface area contributed by atoms with E-state index in [9.17, 15) is 9.59 Å². The van der Waals surface area contributed by atoms with E-state index in [2.05, 4.69) is 10.6 Å². The van der Waals surface area contributed by atoms with Gasteiger partial charge in [-0.25, -0.2) is 4.79 Å². The van der Waals surface area contributed by atoms with Gasteiger partial charge in [-0.3, -0.25) is 4.79 Å². The molecule has 102 valence electrons. The molecule has 0 aromatic heterocycles. The lowest BCUT2D eigenvalue weighted by Crippen LogP contribution is -2.05. The topological polar surface area (TPSA) is 78.4 Å². The molecule has 0 spiro atoms. The zero-order chi connectivity index (χ0) is 14.5. The molecule has 2 rings (SSSR count). The average molecular weight is 270 g/mol. The number of hydrogen-bond acceptors (Lipinski definition) is 3. The molecule has 0 bridgehead atoms. The molecule has 0 aliphatic heterocycles. The number of carboxylic acids is 1. The summed E-state index contributed by atoms with van der Waals surface area (Å²) in [6, 6.07) is 13.7. The van der Waals surface area contributed by atoms with Crippen molar-refractivity contribution in [3.63, 3.8) is 0 Å². The van der Waals surface area contributed by atoms with Gasteiger partial charge in [0.15, 0.2) is 0 Å². The lowest BCUT2D eigenvalue weighted by Gasteiger charge is -2.09. The molecule has 0 aliphatic rings. The highest BCUT2D eigenvalue weighted by Gasteiger charge is 2.02. The number of aromatic carboxylic acids is 1. The molecule has 0 unspecified atom stereocenters. The fraction of sp³-hybridized carbons (Fsp3) is 0.0667. The Balaban J connectivity index is 2.13. The van der Waals surface area contributed by atoms with Crippen LogP contribution in [0.1, 0.15) is 17.3 Å². The van der Waals surface area contributed by atoms with Crippen LogP contribution in [0.15, 0.2) is 48.5 Å². The van der Waals surface area contributed by atoms with E-state index < -0.39 is 5.97 Å². The standard InChI is InChI=1S/C15H14N2O3/c1-10(18)16-13-3-2-4-14(9-13)17-12-7-5-11(6-8-12)15(19)20/h2-9,17H,1H3,(H,16,18)(H,19,20). The van der Waals surface area contributed by atoms with Crippen molar-refractivity contribution in [3.8, 4) is 0 Å². The van der Waals surface area contributed by atoms with E-state index in [0.29, 0.717) is 5.69 Å². The summed E-state index contributed by atoms with van der Waals surface area (Å²) in [6.45, 7) is 1.45. The van der Waals surface area contributed by atoms with Gasteiger partial charge in [-0.1, -0.05) is 6.07 Å². The Morgan fingerprint density at radius 2 is 1.60 bits per heavy atom. The predicted molar refractivity (Wildman–Crippen MR) is 77.4 cm³/mol. The van der Waals surface area contributed by atoms with E-state index in [1.807, 2.05) is 12.1 Å². The van der Waals surface area contributed by atoms with Gasteiger partial charge < -0.3 is 15.7 Å². The molecule has 2 aromatic rings. The molecular formula is C15H14N2O3. The second-order valence-corrected chi connectivity index (χ2v) is 4.27. The van der Waals surface area contributed by atoms with Crippen LogP contribution in [0.4, 0.5) is 17.1 Å². The molecule has 0 saturated carbocycles. The minimum absolute atomic E-state index is 0.132. The number of carbonyl (C=O) groups excluding carboxylic acids is 1. The first-order valence-corrected chi connectivity index (χ1v) is 6.02. The number of amides is 1. The molecule has 20 heavy (non-hydrogen) atoms. The fourth-order valence-corrected chi connectivity index (χ4v) is 1.74. The first kappa shape index (κ1) is 13.6. The van der Waals surface area contributed by atoms with Crippen LogP contribution in [0.3, 0.4) is 0 Å². The minimum atomic E-state index is -0.954. The monoisotopic (exact) mass is 270 g/mol. The van der Waals surface area contributed by atoms with Crippen LogP contribution in [0.25, 0.3) is 0 Å². The summed E-state index contributed by atoms with van der Waals surface area (Å²) in [5.74, 6) is -1.09. The average Bonchev–Trinajstić information content (AvgIpc) is 2.39. The SMILES string of the molecule is CC(=O)Nc1cccc(Nc2ccc(C(=O)O)cc2)c1. The van der Waals surface area contributed by atoms with Gasteiger partial charge in [0.1, 0.15) is 0 Å². The van der Waals surface area contributed by atoms with Gasteiger partial charge in [-0.05, 0) is 42.5 Å². The quantitative estimate of drug-likeness (QED) is 0.797. The van der Waals surface area contributed by atoms with Crippen LogP contribution in [0.2, 0.25) is 0 Å². The Bertz CT molecular complexity index is 636. The Morgan fingerprint density at radius 3 is 2.20 bits per heavy atom. The third kappa shape index (κ3) is 3.58. The highest BCUT2D eigenvalue weighted by Crippen LogP contribution is 2.20. The van der Waals surface area contributed by atoms with E-state index in [1.54, 1.807) is 24.3 Å². The normalized spacial score (nSPS) is 9.85. The second-order valence-electron chi connectivity index (χ2n) is 4.27. The molecule has 0 saturated heterocycles. The van der Waals surface area contributed by atoms with Crippen molar-refractivity contribution < 1.29 is 14.7 Å². The maximum atomic E-state index is 11.0. The van der Waals surface area contributed by atoms with Crippen molar-refractivity contribution in [2.24, 2.45) is 0 Å². The lowest BCUT2D eigenvalue weighted by atomic mass is 10.2. The molecule has 5 heteroatoms. The van der Waals surface area contributed by atoms with Gasteiger partial charge in [0.05, 0.1) is 5.56 Å². The third-order valence-electron chi connectivity index (χ3n) is 2.60. The Labute approximate surface area is 116 Å². The number of anilines is 3. The second kappa shape index (κ2) is 5.88. The minimum Gasteiger partial charge on any atom is -0.478 e. The van der Waals surface area contributed by atoms with E-state index in [0.717, 1.165) is 11.4 Å². The zero-order valence-electron chi connectivity index (χ0n) is 10.9. The number of carbonyl (C=O) groups is 2. The molecule has 5 nitrogen and oxygen atoms in total. The molecular weight excluding hydrogens is 256 g/mol. The number of nitrogens with one attached hydrogen (secondary N) is 2. The summed E-state index contributed by atoms with van der Waals surface area (Å²) < 4.78 is 0. The van der Waals surface area contributed by atoms with E-state index >= 15 is 0 Å². The van der Waals surface area contributed by atoms with Crippen molar-refractivity contribution >= 4 is 28.9 Å². The van der Waals surface area contributed by atoms with E-state index in [4.69, 9.17) is 5.11 Å². The van der Waals surface area contributed by atoms with Crippen molar-refractivity contribution in [3.05, 3.63) is 54.1 Å². The number of carboxylic acid groups (broad SMARTS) is 1. The van der Waals surface area contributed by atoms with Crippen molar-refractivity contribution in [2.45, 2.75) is 6.92 Å². The summed E-state index contributed by atoms with van der Waals surface area (Å²) in [5, 5.41) is 14.7. The molecule has 2 aromatic carbocycles. The maximum Gasteiger partial charge on any atom is 0.335 e. The highest BCUT2D eigenvalue weighted by molar-refractivity contribution is 5.89. The lowest BCUT2D eigenvalue weighted by molar-refractivity contribution is -0.114. The molecule has 1 amide bonds. The fourth-order valence-electron chi connectivity index (χ4n) is 1.74. The first-order valence-electron chi connectivity index (χ1n) is 6.02. The number of benzene rings is 2. The van der Waals surface area contributed by atoms with Gasteiger partial charge >= 0.3 is 5.97 Å². The summed E-state index contributed by atoms with van der Waals surface area (Å²) in [4.78, 5) is 21.8. The molecule has 0 heterocycles. The van der Waals surface area contributed by atoms with Crippen molar-refractivity contribution in [1.82, 2.24) is 0 Å². The van der Waals surface area contributed by atoms with Crippen LogP contribution < -0.4 is 10.6 Å².